The summed E-state index contributed by atoms with van der Waals surface area (Å²) in [5, 5.41) is 0. The van der Waals surface area contributed by atoms with Gasteiger partial charge in [0.1, 0.15) is 6.10 Å². The fourth-order valence-electron chi connectivity index (χ4n) is 5.07. The van der Waals surface area contributed by atoms with E-state index in [1.165, 1.54) is 12.8 Å². The molecule has 0 N–H and O–H groups in total. The van der Waals surface area contributed by atoms with Crippen LogP contribution in [0.5, 0.6) is 0 Å². The molecule has 1 saturated carbocycles. The number of ether oxygens (including phenoxy) is 1. The van der Waals surface area contributed by atoms with Crippen molar-refractivity contribution in [3.05, 3.63) is 35.9 Å². The third kappa shape index (κ3) is 2.59. The first-order valence-corrected chi connectivity index (χ1v) is 9.17. The molecule has 0 aromatic heterocycles. The standard InChI is InChI=1S/C20H27NO2/c1-21-16-9-10-17(21)14-18(13-16)23-19(22)20(11-5-6-12-20)15-7-3-2-4-8-15/h2-4,7-8,16-18H,5-6,9-14H2,1H3/t16-,17-/m1/s1. The number of carbonyl (C=O) groups excluding carboxylic acids is 1. The molecular formula is C20H27NO2. The molecule has 2 aliphatic heterocycles. The van der Waals surface area contributed by atoms with Crippen LogP contribution in [-0.4, -0.2) is 36.1 Å². The van der Waals surface area contributed by atoms with E-state index in [1.54, 1.807) is 0 Å². The van der Waals surface area contributed by atoms with Gasteiger partial charge < -0.3 is 9.64 Å². The van der Waals surface area contributed by atoms with Gasteiger partial charge in [0, 0.05) is 12.1 Å². The average Bonchev–Trinajstić information content (AvgIpc) is 3.13. The van der Waals surface area contributed by atoms with Gasteiger partial charge in [-0.1, -0.05) is 43.2 Å². The summed E-state index contributed by atoms with van der Waals surface area (Å²) < 4.78 is 6.10. The summed E-state index contributed by atoms with van der Waals surface area (Å²) in [6.45, 7) is 0. The molecule has 0 radical (unpaired) electrons. The zero-order chi connectivity index (χ0) is 15.9. The molecule has 4 rings (SSSR count). The van der Waals surface area contributed by atoms with Gasteiger partial charge in [0.25, 0.3) is 0 Å². The molecule has 1 aromatic carbocycles. The second-order valence-corrected chi connectivity index (χ2v) is 7.70. The van der Waals surface area contributed by atoms with Crippen LogP contribution in [0, 0.1) is 0 Å². The van der Waals surface area contributed by atoms with E-state index >= 15 is 0 Å². The molecule has 0 unspecified atom stereocenters. The zero-order valence-electron chi connectivity index (χ0n) is 14.0. The molecule has 23 heavy (non-hydrogen) atoms. The van der Waals surface area contributed by atoms with E-state index in [0.717, 1.165) is 44.1 Å². The molecule has 3 aliphatic rings. The van der Waals surface area contributed by atoms with Crippen molar-refractivity contribution >= 4 is 5.97 Å². The number of hydrogen-bond acceptors (Lipinski definition) is 3. The van der Waals surface area contributed by atoms with Gasteiger partial charge in [-0.15, -0.1) is 0 Å². The van der Waals surface area contributed by atoms with Crippen molar-refractivity contribution in [1.82, 2.24) is 4.90 Å². The molecule has 1 aromatic rings. The summed E-state index contributed by atoms with van der Waals surface area (Å²) in [6, 6.07) is 11.5. The van der Waals surface area contributed by atoms with E-state index in [0.29, 0.717) is 12.1 Å². The smallest absolute Gasteiger partial charge is 0.316 e. The highest BCUT2D eigenvalue weighted by atomic mass is 16.5. The molecule has 124 valence electrons. The maximum absolute atomic E-state index is 13.1. The topological polar surface area (TPSA) is 29.5 Å². The van der Waals surface area contributed by atoms with E-state index in [9.17, 15) is 4.79 Å². The fourth-order valence-corrected chi connectivity index (χ4v) is 5.07. The number of hydrogen-bond donors (Lipinski definition) is 0. The number of benzene rings is 1. The van der Waals surface area contributed by atoms with E-state index in [4.69, 9.17) is 4.74 Å². The number of carbonyl (C=O) groups is 1. The van der Waals surface area contributed by atoms with Crippen LogP contribution >= 0.6 is 0 Å². The number of fused-ring (bicyclic) bond motifs is 2. The fraction of sp³-hybridized carbons (Fsp3) is 0.650. The lowest BCUT2D eigenvalue weighted by atomic mass is 9.79. The normalized spacial score (nSPS) is 32.8. The van der Waals surface area contributed by atoms with Gasteiger partial charge in [-0.05, 0) is 51.1 Å². The Kier molecular flexibility index (Phi) is 3.92. The monoisotopic (exact) mass is 313 g/mol. The Bertz CT molecular complexity index is 550. The van der Waals surface area contributed by atoms with Gasteiger partial charge in [0.05, 0.1) is 5.41 Å². The minimum absolute atomic E-state index is 0.0372. The van der Waals surface area contributed by atoms with Crippen molar-refractivity contribution in [3.8, 4) is 0 Å². The highest BCUT2D eigenvalue weighted by Gasteiger charge is 2.46. The van der Waals surface area contributed by atoms with Crippen molar-refractivity contribution in [3.63, 3.8) is 0 Å². The summed E-state index contributed by atoms with van der Waals surface area (Å²) in [6.07, 6.45) is 8.82. The first kappa shape index (κ1) is 15.2. The van der Waals surface area contributed by atoms with Crippen molar-refractivity contribution in [2.24, 2.45) is 0 Å². The van der Waals surface area contributed by atoms with Gasteiger partial charge >= 0.3 is 5.97 Å². The largest absolute Gasteiger partial charge is 0.462 e. The molecule has 2 bridgehead atoms. The number of piperidine rings is 1. The van der Waals surface area contributed by atoms with Gasteiger partial charge in [-0.2, -0.15) is 0 Å². The minimum atomic E-state index is -0.385. The molecule has 2 atom stereocenters. The Morgan fingerprint density at radius 3 is 2.30 bits per heavy atom. The lowest BCUT2D eigenvalue weighted by Gasteiger charge is -2.37. The molecule has 0 spiro atoms. The highest BCUT2D eigenvalue weighted by molar-refractivity contribution is 5.83. The number of nitrogens with zero attached hydrogens (tertiary/aromatic N) is 1. The summed E-state index contributed by atoms with van der Waals surface area (Å²) in [7, 11) is 2.23. The van der Waals surface area contributed by atoms with Crippen molar-refractivity contribution in [2.45, 2.75) is 75.0 Å². The predicted molar refractivity (Wildman–Crippen MR) is 90.3 cm³/mol. The van der Waals surface area contributed by atoms with Crippen LogP contribution in [0.15, 0.2) is 30.3 Å². The third-order valence-electron chi connectivity index (χ3n) is 6.50. The summed E-state index contributed by atoms with van der Waals surface area (Å²) in [5.41, 5.74) is 0.766. The molecule has 1 aliphatic carbocycles. The Labute approximate surface area is 139 Å². The highest BCUT2D eigenvalue weighted by Crippen LogP contribution is 2.43. The van der Waals surface area contributed by atoms with Crippen LogP contribution in [0.4, 0.5) is 0 Å². The summed E-state index contributed by atoms with van der Waals surface area (Å²) in [5.74, 6) is 0.0372. The SMILES string of the molecule is CN1[C@@H]2CC[C@@H]1CC(OC(=O)C1(c3ccccc3)CCCC1)C2. The zero-order valence-corrected chi connectivity index (χ0v) is 14.0. The van der Waals surface area contributed by atoms with E-state index in [1.807, 2.05) is 18.2 Å². The van der Waals surface area contributed by atoms with E-state index in [-0.39, 0.29) is 17.5 Å². The lowest BCUT2D eigenvalue weighted by Crippen LogP contribution is -2.45. The third-order valence-corrected chi connectivity index (χ3v) is 6.50. The van der Waals surface area contributed by atoms with E-state index < -0.39 is 0 Å². The molecule has 3 fully saturated rings. The lowest BCUT2D eigenvalue weighted by molar-refractivity contribution is -0.159. The van der Waals surface area contributed by atoms with Crippen LogP contribution in [0.1, 0.15) is 56.9 Å². The molecule has 0 amide bonds. The van der Waals surface area contributed by atoms with Crippen molar-refractivity contribution < 1.29 is 9.53 Å². The Morgan fingerprint density at radius 2 is 1.70 bits per heavy atom. The molecule has 2 saturated heterocycles. The Balaban J connectivity index is 1.51. The maximum Gasteiger partial charge on any atom is 0.316 e. The molecule has 2 heterocycles. The molecular weight excluding hydrogens is 286 g/mol. The summed E-state index contributed by atoms with van der Waals surface area (Å²) >= 11 is 0. The number of esters is 1. The quantitative estimate of drug-likeness (QED) is 0.798. The van der Waals surface area contributed by atoms with Gasteiger partial charge in [-0.3, -0.25) is 4.79 Å². The second kappa shape index (κ2) is 5.94. The number of rotatable bonds is 3. The maximum atomic E-state index is 13.1. The first-order chi connectivity index (χ1) is 11.2. The van der Waals surface area contributed by atoms with Gasteiger partial charge in [-0.25, -0.2) is 0 Å². The predicted octanol–water partition coefficient (Wildman–Crippen LogP) is 3.67. The Hall–Kier alpha value is -1.35. The average molecular weight is 313 g/mol. The minimum Gasteiger partial charge on any atom is -0.462 e. The Morgan fingerprint density at radius 1 is 1.09 bits per heavy atom. The van der Waals surface area contributed by atoms with E-state index in [2.05, 4.69) is 24.1 Å². The van der Waals surface area contributed by atoms with Crippen molar-refractivity contribution in [1.29, 1.82) is 0 Å². The van der Waals surface area contributed by atoms with Crippen LogP contribution in [0.25, 0.3) is 0 Å². The van der Waals surface area contributed by atoms with Gasteiger partial charge in [0.15, 0.2) is 0 Å². The van der Waals surface area contributed by atoms with Crippen LogP contribution in [0.2, 0.25) is 0 Å². The summed E-state index contributed by atoms with van der Waals surface area (Å²) in [4.78, 5) is 15.6. The van der Waals surface area contributed by atoms with Crippen molar-refractivity contribution in [2.75, 3.05) is 7.05 Å². The van der Waals surface area contributed by atoms with Gasteiger partial charge in [0.2, 0.25) is 0 Å². The molecule has 3 nitrogen and oxygen atoms in total. The van der Waals surface area contributed by atoms with Crippen LogP contribution < -0.4 is 0 Å². The second-order valence-electron chi connectivity index (χ2n) is 7.70. The van der Waals surface area contributed by atoms with Crippen LogP contribution in [0.3, 0.4) is 0 Å². The first-order valence-electron chi connectivity index (χ1n) is 9.17. The van der Waals surface area contributed by atoms with Crippen LogP contribution in [-0.2, 0) is 14.9 Å². The molecule has 3 heteroatoms.